The maximum atomic E-state index is 10.0. The van der Waals surface area contributed by atoms with Gasteiger partial charge in [-0.25, -0.2) is 0 Å². The minimum atomic E-state index is -0.463. The molecule has 3 nitrogen and oxygen atoms in total. The summed E-state index contributed by atoms with van der Waals surface area (Å²) in [7, 11) is 0. The minimum Gasteiger partial charge on any atom is -0.508 e. The zero-order valence-corrected chi connectivity index (χ0v) is 16.2. The second kappa shape index (κ2) is 6.99. The van der Waals surface area contributed by atoms with Crippen molar-refractivity contribution in [1.82, 2.24) is 0 Å². The highest BCUT2D eigenvalue weighted by molar-refractivity contribution is 5.56. The van der Waals surface area contributed by atoms with Gasteiger partial charge in [0.2, 0.25) is 0 Å². The molecule has 0 aliphatic carbocycles. The first-order valence-corrected chi connectivity index (χ1v) is 9.20. The Kier molecular flexibility index (Phi) is 4.88. The van der Waals surface area contributed by atoms with Gasteiger partial charge in [0.05, 0.1) is 0 Å². The third-order valence-electron chi connectivity index (χ3n) is 5.60. The van der Waals surface area contributed by atoms with Gasteiger partial charge in [0.1, 0.15) is 17.2 Å². The SMILES string of the molecule is CCC(c1ccc(O)c(C)c1)(c1ccc(O)c(C)c1)c1ccc(O)c(C)c1. The molecule has 0 saturated heterocycles. The van der Waals surface area contributed by atoms with Crippen molar-refractivity contribution in [2.24, 2.45) is 0 Å². The average molecular weight is 362 g/mol. The Morgan fingerprint density at radius 1 is 0.593 bits per heavy atom. The molecule has 3 N–H and O–H groups in total. The molecule has 3 rings (SSSR count). The zero-order chi connectivity index (χ0) is 19.8. The molecule has 0 heterocycles. The summed E-state index contributed by atoms with van der Waals surface area (Å²) in [5.41, 5.74) is 5.18. The largest absolute Gasteiger partial charge is 0.508 e. The molecule has 0 fully saturated rings. The van der Waals surface area contributed by atoms with Crippen molar-refractivity contribution in [3.8, 4) is 17.2 Å². The molecule has 0 atom stereocenters. The number of phenolic OH excluding ortho intramolecular Hbond substituents is 3. The lowest BCUT2D eigenvalue weighted by Crippen LogP contribution is -2.29. The standard InChI is InChI=1S/C24H26O3/c1-5-24(18-6-9-21(25)15(2)12-18,19-7-10-22(26)16(3)13-19)20-8-11-23(27)17(4)14-20/h6-14,25-27H,5H2,1-4H3. The van der Waals surface area contributed by atoms with Crippen LogP contribution in [-0.2, 0) is 5.41 Å². The van der Waals surface area contributed by atoms with Crippen molar-refractivity contribution in [3.05, 3.63) is 88.0 Å². The molecular weight excluding hydrogens is 336 g/mol. The van der Waals surface area contributed by atoms with Crippen LogP contribution in [0.1, 0.15) is 46.7 Å². The van der Waals surface area contributed by atoms with Gasteiger partial charge >= 0.3 is 0 Å². The lowest BCUT2D eigenvalue weighted by molar-refractivity contribution is 0.468. The van der Waals surface area contributed by atoms with Crippen molar-refractivity contribution in [2.45, 2.75) is 39.5 Å². The zero-order valence-electron chi connectivity index (χ0n) is 16.2. The highest BCUT2D eigenvalue weighted by Gasteiger charge is 2.35. The van der Waals surface area contributed by atoms with E-state index in [9.17, 15) is 15.3 Å². The van der Waals surface area contributed by atoms with Crippen molar-refractivity contribution < 1.29 is 15.3 Å². The van der Waals surface area contributed by atoms with E-state index in [1.165, 1.54) is 0 Å². The molecule has 0 amide bonds. The van der Waals surface area contributed by atoms with E-state index in [0.717, 1.165) is 39.8 Å². The van der Waals surface area contributed by atoms with Crippen LogP contribution in [0, 0.1) is 20.8 Å². The van der Waals surface area contributed by atoms with E-state index in [0.29, 0.717) is 0 Å². The Balaban J connectivity index is 2.37. The third-order valence-corrected chi connectivity index (χ3v) is 5.60. The van der Waals surface area contributed by atoms with E-state index in [1.807, 2.05) is 57.2 Å². The molecule has 27 heavy (non-hydrogen) atoms. The second-order valence-electron chi connectivity index (χ2n) is 7.26. The number of rotatable bonds is 4. The topological polar surface area (TPSA) is 60.7 Å². The van der Waals surface area contributed by atoms with Crippen LogP contribution < -0.4 is 0 Å². The van der Waals surface area contributed by atoms with Crippen LogP contribution in [0.15, 0.2) is 54.6 Å². The van der Waals surface area contributed by atoms with Gasteiger partial charge in [-0.2, -0.15) is 0 Å². The molecule has 0 bridgehead atoms. The van der Waals surface area contributed by atoms with Crippen LogP contribution in [0.2, 0.25) is 0 Å². The average Bonchev–Trinajstić information content (AvgIpc) is 2.64. The Morgan fingerprint density at radius 2 is 0.889 bits per heavy atom. The van der Waals surface area contributed by atoms with Crippen molar-refractivity contribution in [3.63, 3.8) is 0 Å². The molecule has 140 valence electrons. The maximum absolute atomic E-state index is 10.0. The second-order valence-corrected chi connectivity index (χ2v) is 7.26. The monoisotopic (exact) mass is 362 g/mol. The third kappa shape index (κ3) is 3.14. The quantitative estimate of drug-likeness (QED) is 0.539. The van der Waals surface area contributed by atoms with Crippen molar-refractivity contribution in [1.29, 1.82) is 0 Å². The highest BCUT2D eigenvalue weighted by Crippen LogP contribution is 2.44. The van der Waals surface area contributed by atoms with Gasteiger partial charge in [-0.3, -0.25) is 0 Å². The summed E-state index contributed by atoms with van der Waals surface area (Å²) in [5.74, 6) is 0.813. The van der Waals surface area contributed by atoms with Gasteiger partial charge in [-0.05, 0) is 78.8 Å². The molecule has 0 aromatic heterocycles. The lowest BCUT2D eigenvalue weighted by Gasteiger charge is -2.36. The number of hydrogen-bond acceptors (Lipinski definition) is 3. The Bertz CT molecular complexity index is 864. The number of phenols is 3. The first-order valence-electron chi connectivity index (χ1n) is 9.20. The van der Waals surface area contributed by atoms with E-state index in [4.69, 9.17) is 0 Å². The van der Waals surface area contributed by atoms with Gasteiger partial charge in [0.15, 0.2) is 0 Å². The molecule has 0 unspecified atom stereocenters. The minimum absolute atomic E-state index is 0.271. The molecule has 0 aliphatic heterocycles. The molecule has 3 aromatic carbocycles. The first kappa shape index (κ1) is 18.8. The van der Waals surface area contributed by atoms with E-state index < -0.39 is 5.41 Å². The van der Waals surface area contributed by atoms with Crippen LogP contribution in [-0.4, -0.2) is 15.3 Å². The fourth-order valence-corrected chi connectivity index (χ4v) is 3.88. The predicted octanol–water partition coefficient (Wildman–Crippen LogP) is 5.47. The Hall–Kier alpha value is -2.94. The van der Waals surface area contributed by atoms with Crippen LogP contribution in [0.25, 0.3) is 0 Å². The van der Waals surface area contributed by atoms with Gasteiger partial charge in [0, 0.05) is 5.41 Å². The summed E-state index contributed by atoms with van der Waals surface area (Å²) in [6.07, 6.45) is 0.783. The van der Waals surface area contributed by atoms with Crippen LogP contribution in [0.5, 0.6) is 17.2 Å². The molecule has 0 aliphatic rings. The van der Waals surface area contributed by atoms with E-state index >= 15 is 0 Å². The summed E-state index contributed by atoms with van der Waals surface area (Å²) in [6.45, 7) is 7.81. The Morgan fingerprint density at radius 3 is 1.11 bits per heavy atom. The predicted molar refractivity (Wildman–Crippen MR) is 109 cm³/mol. The summed E-state index contributed by atoms with van der Waals surface area (Å²) in [6, 6.07) is 17.1. The van der Waals surface area contributed by atoms with Gasteiger partial charge in [-0.1, -0.05) is 43.3 Å². The summed E-state index contributed by atoms with van der Waals surface area (Å²) < 4.78 is 0. The first-order chi connectivity index (χ1) is 12.8. The summed E-state index contributed by atoms with van der Waals surface area (Å²) in [5, 5.41) is 30.1. The van der Waals surface area contributed by atoms with Crippen molar-refractivity contribution >= 4 is 0 Å². The normalized spacial score (nSPS) is 11.6. The molecule has 0 radical (unpaired) electrons. The summed E-state index contributed by atoms with van der Waals surface area (Å²) >= 11 is 0. The molecule has 3 aromatic rings. The van der Waals surface area contributed by atoms with Crippen molar-refractivity contribution in [2.75, 3.05) is 0 Å². The van der Waals surface area contributed by atoms with Crippen LogP contribution in [0.3, 0.4) is 0 Å². The smallest absolute Gasteiger partial charge is 0.118 e. The molecule has 3 heteroatoms. The molecule has 0 spiro atoms. The Labute approximate surface area is 160 Å². The lowest BCUT2D eigenvalue weighted by atomic mass is 9.67. The van der Waals surface area contributed by atoms with Crippen LogP contribution >= 0.6 is 0 Å². The fourth-order valence-electron chi connectivity index (χ4n) is 3.88. The fraction of sp³-hybridized carbons (Fsp3) is 0.250. The number of aromatic hydroxyl groups is 3. The van der Waals surface area contributed by atoms with Crippen LogP contribution in [0.4, 0.5) is 0 Å². The number of benzene rings is 3. The highest BCUT2D eigenvalue weighted by atomic mass is 16.3. The van der Waals surface area contributed by atoms with E-state index in [-0.39, 0.29) is 17.2 Å². The maximum Gasteiger partial charge on any atom is 0.118 e. The van der Waals surface area contributed by atoms with Gasteiger partial charge in [-0.15, -0.1) is 0 Å². The van der Waals surface area contributed by atoms with Gasteiger partial charge in [0.25, 0.3) is 0 Å². The number of aryl methyl sites for hydroxylation is 3. The van der Waals surface area contributed by atoms with Gasteiger partial charge < -0.3 is 15.3 Å². The molecular formula is C24H26O3. The summed E-state index contributed by atoms with van der Waals surface area (Å²) in [4.78, 5) is 0. The number of hydrogen-bond donors (Lipinski definition) is 3. The van der Waals surface area contributed by atoms with E-state index in [2.05, 4.69) is 6.92 Å². The molecule has 0 saturated carbocycles. The van der Waals surface area contributed by atoms with E-state index in [1.54, 1.807) is 18.2 Å².